The number of primary amides is 1. The molecule has 19 heavy (non-hydrogen) atoms. The van der Waals surface area contributed by atoms with Crippen molar-refractivity contribution in [3.05, 3.63) is 35.2 Å². The number of benzene rings is 1. The summed E-state index contributed by atoms with van der Waals surface area (Å²) in [6.45, 7) is 0.145. The zero-order valence-corrected chi connectivity index (χ0v) is 11.3. The Bertz CT molecular complexity index is 559. The average molecular weight is 300 g/mol. The Morgan fingerprint density at radius 2 is 2.11 bits per heavy atom. The van der Waals surface area contributed by atoms with Crippen molar-refractivity contribution in [2.75, 3.05) is 5.75 Å². The standard InChI is InChI=1S/C11H10ClN3O3S/c12-7-1-3-8(4-2-7)17-5-10-14-15-11(18-10)19-6-9(13)16/h1-4H,5-6H2,(H2,13,16). The molecule has 1 aromatic carbocycles. The molecule has 0 radical (unpaired) electrons. The zero-order valence-electron chi connectivity index (χ0n) is 9.71. The molecule has 0 saturated heterocycles. The third-order valence-electron chi connectivity index (χ3n) is 1.96. The van der Waals surface area contributed by atoms with Crippen molar-refractivity contribution in [3.63, 3.8) is 0 Å². The topological polar surface area (TPSA) is 91.2 Å². The van der Waals surface area contributed by atoms with Crippen molar-refractivity contribution in [2.45, 2.75) is 11.8 Å². The van der Waals surface area contributed by atoms with Crippen LogP contribution >= 0.6 is 23.4 Å². The van der Waals surface area contributed by atoms with E-state index in [2.05, 4.69) is 10.2 Å². The molecule has 0 fully saturated rings. The Morgan fingerprint density at radius 3 is 2.79 bits per heavy atom. The maximum atomic E-state index is 10.6. The van der Waals surface area contributed by atoms with Gasteiger partial charge in [-0.2, -0.15) is 0 Å². The van der Waals surface area contributed by atoms with Crippen LogP contribution in [0.3, 0.4) is 0 Å². The van der Waals surface area contributed by atoms with Crippen LogP contribution in [0.4, 0.5) is 0 Å². The van der Waals surface area contributed by atoms with Crippen LogP contribution < -0.4 is 10.5 Å². The van der Waals surface area contributed by atoms with Crippen LogP contribution in [0.15, 0.2) is 33.9 Å². The van der Waals surface area contributed by atoms with E-state index < -0.39 is 5.91 Å². The number of carbonyl (C=O) groups excluding carboxylic acids is 1. The van der Waals surface area contributed by atoms with Crippen LogP contribution in [-0.4, -0.2) is 21.9 Å². The largest absolute Gasteiger partial charge is 0.484 e. The molecule has 6 nitrogen and oxygen atoms in total. The normalized spacial score (nSPS) is 10.4. The smallest absolute Gasteiger partial charge is 0.277 e. The molecule has 0 saturated carbocycles. The van der Waals surface area contributed by atoms with Crippen LogP contribution in [-0.2, 0) is 11.4 Å². The SMILES string of the molecule is NC(=O)CSc1nnc(COc2ccc(Cl)cc2)o1. The predicted octanol–water partition coefficient (Wildman–Crippen LogP) is 1.88. The van der Waals surface area contributed by atoms with E-state index in [4.69, 9.17) is 26.5 Å². The lowest BCUT2D eigenvalue weighted by atomic mass is 10.3. The summed E-state index contributed by atoms with van der Waals surface area (Å²) in [4.78, 5) is 10.6. The van der Waals surface area contributed by atoms with E-state index in [0.29, 0.717) is 16.7 Å². The first kappa shape index (κ1) is 13.7. The van der Waals surface area contributed by atoms with Gasteiger partial charge in [0, 0.05) is 5.02 Å². The van der Waals surface area contributed by atoms with Gasteiger partial charge < -0.3 is 14.9 Å². The molecule has 1 aromatic heterocycles. The third kappa shape index (κ3) is 4.46. The number of halogens is 1. The highest BCUT2D eigenvalue weighted by Crippen LogP contribution is 2.18. The second-order valence-electron chi connectivity index (χ2n) is 3.46. The summed E-state index contributed by atoms with van der Waals surface area (Å²) in [5.74, 6) is 0.623. The molecule has 100 valence electrons. The molecule has 1 amide bonds. The minimum absolute atomic E-state index is 0.0969. The van der Waals surface area contributed by atoms with E-state index in [0.717, 1.165) is 11.8 Å². The summed E-state index contributed by atoms with van der Waals surface area (Å²) in [7, 11) is 0. The fourth-order valence-electron chi connectivity index (χ4n) is 1.16. The number of carbonyl (C=O) groups is 1. The van der Waals surface area contributed by atoms with Crippen LogP contribution in [0, 0.1) is 0 Å². The molecular weight excluding hydrogens is 290 g/mol. The monoisotopic (exact) mass is 299 g/mol. The van der Waals surface area contributed by atoms with Crippen molar-refractivity contribution in [3.8, 4) is 5.75 Å². The lowest BCUT2D eigenvalue weighted by Crippen LogP contribution is -2.12. The molecule has 1 heterocycles. The number of thioether (sulfide) groups is 1. The highest BCUT2D eigenvalue weighted by Gasteiger charge is 2.08. The van der Waals surface area contributed by atoms with Gasteiger partial charge in [-0.15, -0.1) is 10.2 Å². The van der Waals surface area contributed by atoms with E-state index >= 15 is 0 Å². The molecule has 2 N–H and O–H groups in total. The summed E-state index contributed by atoms with van der Waals surface area (Å²) < 4.78 is 10.7. The maximum absolute atomic E-state index is 10.6. The first-order valence-electron chi connectivity index (χ1n) is 5.25. The first-order valence-corrected chi connectivity index (χ1v) is 6.61. The van der Waals surface area contributed by atoms with Crippen LogP contribution in [0.1, 0.15) is 5.89 Å². The molecule has 0 unspecified atom stereocenters. The molecule has 0 aliphatic rings. The predicted molar refractivity (Wildman–Crippen MR) is 70.0 cm³/mol. The van der Waals surface area contributed by atoms with Crippen LogP contribution in [0.5, 0.6) is 5.75 Å². The van der Waals surface area contributed by atoms with Gasteiger partial charge in [-0.1, -0.05) is 23.4 Å². The Morgan fingerprint density at radius 1 is 1.37 bits per heavy atom. The van der Waals surface area contributed by atoms with Crippen molar-refractivity contribution in [1.82, 2.24) is 10.2 Å². The fraction of sp³-hybridized carbons (Fsp3) is 0.182. The lowest BCUT2D eigenvalue weighted by Gasteiger charge is -2.02. The van der Waals surface area contributed by atoms with Crippen LogP contribution in [0.25, 0.3) is 0 Å². The highest BCUT2D eigenvalue weighted by atomic mass is 35.5. The summed E-state index contributed by atoms with van der Waals surface area (Å²) in [6.07, 6.45) is 0. The molecule has 0 aliphatic heterocycles. The second kappa shape index (κ2) is 6.44. The summed E-state index contributed by atoms with van der Waals surface area (Å²) in [5, 5.41) is 8.46. The van der Waals surface area contributed by atoms with Crippen molar-refractivity contribution >= 4 is 29.3 Å². The number of rotatable bonds is 6. The molecular formula is C11H10ClN3O3S. The summed E-state index contributed by atoms with van der Waals surface area (Å²) in [6, 6.07) is 6.92. The minimum Gasteiger partial charge on any atom is -0.484 e. The Labute approximate surface area is 118 Å². The van der Waals surface area contributed by atoms with E-state index in [-0.39, 0.29) is 17.6 Å². The molecule has 0 bridgehead atoms. The average Bonchev–Trinajstić information content (AvgIpc) is 2.84. The Kier molecular flexibility index (Phi) is 4.64. The minimum atomic E-state index is -0.442. The van der Waals surface area contributed by atoms with Gasteiger partial charge in [0.05, 0.1) is 5.75 Å². The van der Waals surface area contributed by atoms with Gasteiger partial charge in [0.1, 0.15) is 5.75 Å². The van der Waals surface area contributed by atoms with Gasteiger partial charge in [0.15, 0.2) is 6.61 Å². The molecule has 2 aromatic rings. The molecule has 0 atom stereocenters. The molecule has 2 rings (SSSR count). The summed E-state index contributed by atoms with van der Waals surface area (Å²) in [5.41, 5.74) is 5.01. The first-order chi connectivity index (χ1) is 9.13. The second-order valence-corrected chi connectivity index (χ2v) is 4.82. The van der Waals surface area contributed by atoms with Gasteiger partial charge in [-0.05, 0) is 24.3 Å². The fourth-order valence-corrected chi connectivity index (χ4v) is 1.81. The number of hydrogen-bond acceptors (Lipinski definition) is 6. The van der Waals surface area contributed by atoms with Crippen molar-refractivity contribution in [2.24, 2.45) is 5.73 Å². The van der Waals surface area contributed by atoms with Gasteiger partial charge in [-0.3, -0.25) is 4.79 Å². The summed E-state index contributed by atoms with van der Waals surface area (Å²) >= 11 is 6.84. The number of nitrogens with two attached hydrogens (primary N) is 1. The quantitative estimate of drug-likeness (QED) is 0.819. The number of amides is 1. The van der Waals surface area contributed by atoms with Gasteiger partial charge >= 0.3 is 0 Å². The number of nitrogens with zero attached hydrogens (tertiary/aromatic N) is 2. The van der Waals surface area contributed by atoms with Gasteiger partial charge in [0.2, 0.25) is 5.91 Å². The molecule has 0 aliphatic carbocycles. The molecule has 8 heteroatoms. The highest BCUT2D eigenvalue weighted by molar-refractivity contribution is 7.99. The van der Waals surface area contributed by atoms with E-state index in [9.17, 15) is 4.79 Å². The van der Waals surface area contributed by atoms with E-state index in [1.807, 2.05) is 0 Å². The Hall–Kier alpha value is -1.73. The lowest BCUT2D eigenvalue weighted by molar-refractivity contribution is -0.115. The third-order valence-corrected chi connectivity index (χ3v) is 3.05. The van der Waals surface area contributed by atoms with E-state index in [1.165, 1.54) is 0 Å². The zero-order chi connectivity index (χ0) is 13.7. The van der Waals surface area contributed by atoms with Crippen molar-refractivity contribution in [1.29, 1.82) is 0 Å². The maximum Gasteiger partial charge on any atom is 0.277 e. The van der Waals surface area contributed by atoms with Crippen molar-refractivity contribution < 1.29 is 13.9 Å². The molecule has 0 spiro atoms. The van der Waals surface area contributed by atoms with Gasteiger partial charge in [-0.25, -0.2) is 0 Å². The Balaban J connectivity index is 1.86. The van der Waals surface area contributed by atoms with Gasteiger partial charge in [0.25, 0.3) is 11.1 Å². The van der Waals surface area contributed by atoms with E-state index in [1.54, 1.807) is 24.3 Å². The van der Waals surface area contributed by atoms with Crippen LogP contribution in [0.2, 0.25) is 5.02 Å². The number of hydrogen-bond donors (Lipinski definition) is 1. The number of ether oxygens (including phenoxy) is 1. The number of aromatic nitrogens is 2.